The molecule has 0 spiro atoms. The van der Waals surface area contributed by atoms with Gasteiger partial charge in [0.1, 0.15) is 0 Å². The second-order valence-electron chi connectivity index (χ2n) is 5.52. The summed E-state index contributed by atoms with van der Waals surface area (Å²) in [5.41, 5.74) is 2.21. The first-order valence-electron chi connectivity index (χ1n) is 7.52. The van der Waals surface area contributed by atoms with Gasteiger partial charge in [0.05, 0.1) is 6.54 Å². The van der Waals surface area contributed by atoms with Gasteiger partial charge in [0.2, 0.25) is 5.91 Å². The number of benzene rings is 1. The van der Waals surface area contributed by atoms with Gasteiger partial charge in [0.25, 0.3) is 0 Å². The molecule has 0 aliphatic carbocycles. The number of carbonyl (C=O) groups excluding carboxylic acids is 1. The van der Waals surface area contributed by atoms with Crippen molar-refractivity contribution in [1.29, 1.82) is 0 Å². The van der Waals surface area contributed by atoms with Crippen molar-refractivity contribution in [3.63, 3.8) is 0 Å². The van der Waals surface area contributed by atoms with Gasteiger partial charge in [-0.1, -0.05) is 25.5 Å². The van der Waals surface area contributed by atoms with Crippen LogP contribution in [0.3, 0.4) is 0 Å². The number of nitrogens with one attached hydrogen (secondary N) is 2. The second-order valence-corrected chi connectivity index (χ2v) is 5.52. The fraction of sp³-hybridized carbons (Fsp3) is 0.562. The standard InChI is InChI=1S/C16H25N3O/c1-3-4-14-5-7-15(8-6-14)18-16(20)12-19-10-9-17-11-13(19)2/h5-8,13,17H,3-4,9-12H2,1-2H3,(H,18,20)/t13-/m1/s1. The molecule has 1 heterocycles. The molecule has 2 N–H and O–H groups in total. The summed E-state index contributed by atoms with van der Waals surface area (Å²) in [4.78, 5) is 14.3. The zero-order valence-electron chi connectivity index (χ0n) is 12.5. The van der Waals surface area contributed by atoms with Crippen LogP contribution in [0.5, 0.6) is 0 Å². The van der Waals surface area contributed by atoms with Crippen LogP contribution in [-0.4, -0.2) is 43.0 Å². The first kappa shape index (κ1) is 15.0. The van der Waals surface area contributed by atoms with Gasteiger partial charge in [0, 0.05) is 31.4 Å². The second kappa shape index (κ2) is 7.41. The van der Waals surface area contributed by atoms with E-state index >= 15 is 0 Å². The minimum Gasteiger partial charge on any atom is -0.325 e. The predicted octanol–water partition coefficient (Wildman–Crippen LogP) is 1.87. The van der Waals surface area contributed by atoms with Crippen LogP contribution in [-0.2, 0) is 11.2 Å². The van der Waals surface area contributed by atoms with E-state index in [9.17, 15) is 4.79 Å². The topological polar surface area (TPSA) is 44.4 Å². The van der Waals surface area contributed by atoms with Crippen LogP contribution in [0.2, 0.25) is 0 Å². The molecular weight excluding hydrogens is 250 g/mol. The molecular formula is C16H25N3O. The fourth-order valence-corrected chi connectivity index (χ4v) is 2.55. The first-order chi connectivity index (χ1) is 9.69. The van der Waals surface area contributed by atoms with Gasteiger partial charge in [-0.3, -0.25) is 9.69 Å². The summed E-state index contributed by atoms with van der Waals surface area (Å²) >= 11 is 0. The van der Waals surface area contributed by atoms with Crippen molar-refractivity contribution in [2.75, 3.05) is 31.5 Å². The molecule has 4 heteroatoms. The predicted molar refractivity (Wildman–Crippen MR) is 83.0 cm³/mol. The quantitative estimate of drug-likeness (QED) is 0.862. The molecule has 1 saturated heterocycles. The molecule has 0 bridgehead atoms. The van der Waals surface area contributed by atoms with Crippen LogP contribution in [0.4, 0.5) is 5.69 Å². The van der Waals surface area contributed by atoms with Crippen molar-refractivity contribution in [2.45, 2.75) is 32.7 Å². The lowest BCUT2D eigenvalue weighted by molar-refractivity contribution is -0.118. The molecule has 4 nitrogen and oxygen atoms in total. The van der Waals surface area contributed by atoms with E-state index in [-0.39, 0.29) is 5.91 Å². The smallest absolute Gasteiger partial charge is 0.238 e. The summed E-state index contributed by atoms with van der Waals surface area (Å²) in [6, 6.07) is 8.58. The Balaban J connectivity index is 1.84. The molecule has 1 aromatic rings. The Labute approximate surface area is 121 Å². The van der Waals surface area contributed by atoms with Crippen LogP contribution in [0, 0.1) is 0 Å². The van der Waals surface area contributed by atoms with Gasteiger partial charge in [-0.2, -0.15) is 0 Å². The van der Waals surface area contributed by atoms with E-state index in [0.29, 0.717) is 12.6 Å². The third-order valence-corrected chi connectivity index (χ3v) is 3.76. The molecule has 2 rings (SSSR count). The van der Waals surface area contributed by atoms with Gasteiger partial charge in [-0.15, -0.1) is 0 Å². The molecule has 0 aromatic heterocycles. The third kappa shape index (κ3) is 4.32. The van der Waals surface area contributed by atoms with Crippen LogP contribution in [0.1, 0.15) is 25.8 Å². The first-order valence-corrected chi connectivity index (χ1v) is 7.52. The van der Waals surface area contributed by atoms with Gasteiger partial charge in [-0.25, -0.2) is 0 Å². The fourth-order valence-electron chi connectivity index (χ4n) is 2.55. The molecule has 0 saturated carbocycles. The lowest BCUT2D eigenvalue weighted by Gasteiger charge is -2.33. The third-order valence-electron chi connectivity index (χ3n) is 3.76. The zero-order chi connectivity index (χ0) is 14.4. The highest BCUT2D eigenvalue weighted by molar-refractivity contribution is 5.92. The van der Waals surface area contributed by atoms with Gasteiger partial charge < -0.3 is 10.6 Å². The molecule has 20 heavy (non-hydrogen) atoms. The number of nitrogens with zero attached hydrogens (tertiary/aromatic N) is 1. The summed E-state index contributed by atoms with van der Waals surface area (Å²) in [7, 11) is 0. The molecule has 1 aromatic carbocycles. The highest BCUT2D eigenvalue weighted by Crippen LogP contribution is 2.11. The van der Waals surface area contributed by atoms with E-state index in [2.05, 4.69) is 41.5 Å². The van der Waals surface area contributed by atoms with E-state index in [1.165, 1.54) is 5.56 Å². The van der Waals surface area contributed by atoms with E-state index in [1.54, 1.807) is 0 Å². The summed E-state index contributed by atoms with van der Waals surface area (Å²) in [5, 5.41) is 6.31. The van der Waals surface area contributed by atoms with Crippen LogP contribution in [0.15, 0.2) is 24.3 Å². The Morgan fingerprint density at radius 3 is 2.80 bits per heavy atom. The summed E-state index contributed by atoms with van der Waals surface area (Å²) in [6.45, 7) is 7.65. The molecule has 1 amide bonds. The number of amides is 1. The largest absolute Gasteiger partial charge is 0.325 e. The molecule has 1 fully saturated rings. The molecule has 1 aliphatic rings. The van der Waals surface area contributed by atoms with Crippen molar-refractivity contribution in [1.82, 2.24) is 10.2 Å². The van der Waals surface area contributed by atoms with Gasteiger partial charge in [0.15, 0.2) is 0 Å². The summed E-state index contributed by atoms with van der Waals surface area (Å²) in [5.74, 6) is 0.0713. The number of aryl methyl sites for hydroxylation is 1. The van der Waals surface area contributed by atoms with Crippen LogP contribution < -0.4 is 10.6 Å². The Kier molecular flexibility index (Phi) is 5.56. The maximum Gasteiger partial charge on any atom is 0.238 e. The van der Waals surface area contributed by atoms with Crippen LogP contribution in [0.25, 0.3) is 0 Å². The Hall–Kier alpha value is -1.39. The zero-order valence-corrected chi connectivity index (χ0v) is 12.5. The number of anilines is 1. The van der Waals surface area contributed by atoms with Crippen LogP contribution >= 0.6 is 0 Å². The average molecular weight is 275 g/mol. The average Bonchev–Trinajstić information content (AvgIpc) is 2.44. The monoisotopic (exact) mass is 275 g/mol. The minimum absolute atomic E-state index is 0.0713. The number of carbonyl (C=O) groups is 1. The number of piperazine rings is 1. The number of hydrogen-bond acceptors (Lipinski definition) is 3. The van der Waals surface area contributed by atoms with E-state index in [4.69, 9.17) is 0 Å². The normalized spacial score (nSPS) is 19.8. The van der Waals surface area contributed by atoms with E-state index < -0.39 is 0 Å². The molecule has 110 valence electrons. The molecule has 0 unspecified atom stereocenters. The molecule has 1 aliphatic heterocycles. The number of rotatable bonds is 5. The van der Waals surface area contributed by atoms with Gasteiger partial charge in [-0.05, 0) is 31.0 Å². The highest BCUT2D eigenvalue weighted by atomic mass is 16.2. The summed E-state index contributed by atoms with van der Waals surface area (Å²) in [6.07, 6.45) is 2.24. The Morgan fingerprint density at radius 2 is 2.15 bits per heavy atom. The number of hydrogen-bond donors (Lipinski definition) is 2. The molecule has 0 radical (unpaired) electrons. The maximum atomic E-state index is 12.1. The lowest BCUT2D eigenvalue weighted by atomic mass is 10.1. The highest BCUT2D eigenvalue weighted by Gasteiger charge is 2.20. The van der Waals surface area contributed by atoms with Crippen molar-refractivity contribution in [3.8, 4) is 0 Å². The summed E-state index contributed by atoms with van der Waals surface area (Å²) < 4.78 is 0. The Bertz CT molecular complexity index is 430. The van der Waals surface area contributed by atoms with E-state index in [1.807, 2.05) is 12.1 Å². The SMILES string of the molecule is CCCc1ccc(NC(=O)CN2CCNC[C@H]2C)cc1. The lowest BCUT2D eigenvalue weighted by Crippen LogP contribution is -2.51. The Morgan fingerprint density at radius 1 is 1.40 bits per heavy atom. The van der Waals surface area contributed by atoms with E-state index in [0.717, 1.165) is 38.2 Å². The van der Waals surface area contributed by atoms with Gasteiger partial charge >= 0.3 is 0 Å². The maximum absolute atomic E-state index is 12.1. The molecule has 1 atom stereocenters. The van der Waals surface area contributed by atoms with Crippen molar-refractivity contribution >= 4 is 11.6 Å². The van der Waals surface area contributed by atoms with Crippen molar-refractivity contribution < 1.29 is 4.79 Å². The van der Waals surface area contributed by atoms with Crippen molar-refractivity contribution in [3.05, 3.63) is 29.8 Å². The van der Waals surface area contributed by atoms with Crippen molar-refractivity contribution in [2.24, 2.45) is 0 Å². The minimum atomic E-state index is 0.0713.